The molecular formula is C15H20N2O. The molecular weight excluding hydrogens is 224 g/mol. The van der Waals surface area contributed by atoms with Crippen molar-refractivity contribution in [2.75, 3.05) is 13.1 Å². The molecule has 0 radical (unpaired) electrons. The minimum absolute atomic E-state index is 0.0614. The molecule has 0 saturated heterocycles. The molecule has 2 N–H and O–H groups in total. The second-order valence-electron chi connectivity index (χ2n) is 4.90. The van der Waals surface area contributed by atoms with Gasteiger partial charge in [-0.25, -0.2) is 0 Å². The maximum atomic E-state index is 12.2. The molecule has 1 aromatic rings. The minimum Gasteiger partial charge on any atom is -0.337 e. The summed E-state index contributed by atoms with van der Waals surface area (Å²) in [5.74, 6) is 0.0614. The van der Waals surface area contributed by atoms with Gasteiger partial charge in [-0.15, -0.1) is 0 Å². The molecule has 18 heavy (non-hydrogen) atoms. The Morgan fingerprint density at radius 2 is 2.11 bits per heavy atom. The van der Waals surface area contributed by atoms with Gasteiger partial charge in [0.15, 0.2) is 0 Å². The largest absolute Gasteiger partial charge is 0.337 e. The zero-order valence-corrected chi connectivity index (χ0v) is 10.8. The predicted molar refractivity (Wildman–Crippen MR) is 73.1 cm³/mol. The maximum Gasteiger partial charge on any atom is 0.240 e. The topological polar surface area (TPSA) is 46.3 Å². The molecule has 0 unspecified atom stereocenters. The van der Waals surface area contributed by atoms with Crippen molar-refractivity contribution in [2.45, 2.75) is 25.8 Å². The fourth-order valence-corrected chi connectivity index (χ4v) is 2.29. The second-order valence-corrected chi connectivity index (χ2v) is 4.90. The summed E-state index contributed by atoms with van der Waals surface area (Å²) in [5.41, 5.74) is 8.38. The molecule has 1 aliphatic rings. The van der Waals surface area contributed by atoms with Crippen LogP contribution in [0.3, 0.4) is 0 Å². The molecule has 0 fully saturated rings. The summed E-state index contributed by atoms with van der Waals surface area (Å²) < 4.78 is 0. The SMILES string of the molecule is CC1=CCCN(C(=O)[C@H](N)Cc2ccccc2)C1. The van der Waals surface area contributed by atoms with E-state index in [2.05, 4.69) is 13.0 Å². The van der Waals surface area contributed by atoms with Gasteiger partial charge < -0.3 is 10.6 Å². The Bertz CT molecular complexity index is 439. The van der Waals surface area contributed by atoms with Crippen molar-refractivity contribution < 1.29 is 4.79 Å². The number of carbonyl (C=O) groups excluding carboxylic acids is 1. The van der Waals surface area contributed by atoms with E-state index in [1.807, 2.05) is 35.2 Å². The highest BCUT2D eigenvalue weighted by atomic mass is 16.2. The van der Waals surface area contributed by atoms with E-state index in [1.54, 1.807) is 0 Å². The van der Waals surface area contributed by atoms with Gasteiger partial charge in [-0.2, -0.15) is 0 Å². The monoisotopic (exact) mass is 244 g/mol. The molecule has 2 rings (SSSR count). The highest BCUT2D eigenvalue weighted by Gasteiger charge is 2.22. The summed E-state index contributed by atoms with van der Waals surface area (Å²) in [5, 5.41) is 0. The first kappa shape index (κ1) is 12.8. The van der Waals surface area contributed by atoms with E-state index in [9.17, 15) is 4.79 Å². The smallest absolute Gasteiger partial charge is 0.240 e. The predicted octanol–water partition coefficient (Wildman–Crippen LogP) is 1.74. The molecule has 1 aromatic carbocycles. The van der Waals surface area contributed by atoms with Crippen LogP contribution in [0.5, 0.6) is 0 Å². The normalized spacial score (nSPS) is 17.2. The van der Waals surface area contributed by atoms with Crippen molar-refractivity contribution in [1.82, 2.24) is 4.90 Å². The number of benzene rings is 1. The average molecular weight is 244 g/mol. The van der Waals surface area contributed by atoms with E-state index < -0.39 is 6.04 Å². The Morgan fingerprint density at radius 3 is 2.78 bits per heavy atom. The lowest BCUT2D eigenvalue weighted by atomic mass is 10.0. The molecule has 0 aliphatic carbocycles. The molecule has 0 aromatic heterocycles. The van der Waals surface area contributed by atoms with E-state index in [1.165, 1.54) is 5.57 Å². The molecule has 3 heteroatoms. The molecule has 3 nitrogen and oxygen atoms in total. The zero-order chi connectivity index (χ0) is 13.0. The first-order valence-corrected chi connectivity index (χ1v) is 6.41. The first-order chi connectivity index (χ1) is 8.66. The average Bonchev–Trinajstić information content (AvgIpc) is 2.39. The van der Waals surface area contributed by atoms with Crippen molar-refractivity contribution in [3.63, 3.8) is 0 Å². The van der Waals surface area contributed by atoms with Crippen LogP contribution in [0.2, 0.25) is 0 Å². The zero-order valence-electron chi connectivity index (χ0n) is 10.8. The number of hydrogen-bond acceptors (Lipinski definition) is 2. The number of hydrogen-bond donors (Lipinski definition) is 1. The maximum absolute atomic E-state index is 12.2. The number of rotatable bonds is 3. The van der Waals surface area contributed by atoms with Crippen LogP contribution in [0.4, 0.5) is 0 Å². The fourth-order valence-electron chi connectivity index (χ4n) is 2.29. The van der Waals surface area contributed by atoms with Crippen LogP contribution in [0.1, 0.15) is 18.9 Å². The highest BCUT2D eigenvalue weighted by Crippen LogP contribution is 2.11. The molecule has 0 bridgehead atoms. The van der Waals surface area contributed by atoms with Crippen LogP contribution in [0.25, 0.3) is 0 Å². The highest BCUT2D eigenvalue weighted by molar-refractivity contribution is 5.82. The number of carbonyl (C=O) groups is 1. The van der Waals surface area contributed by atoms with Crippen molar-refractivity contribution in [3.05, 3.63) is 47.5 Å². The molecule has 0 spiro atoms. The molecule has 1 heterocycles. The number of amides is 1. The van der Waals surface area contributed by atoms with Crippen molar-refractivity contribution in [1.29, 1.82) is 0 Å². The Kier molecular flexibility index (Phi) is 4.15. The van der Waals surface area contributed by atoms with Gasteiger partial charge in [0.2, 0.25) is 5.91 Å². The van der Waals surface area contributed by atoms with Crippen molar-refractivity contribution in [2.24, 2.45) is 5.73 Å². The summed E-state index contributed by atoms with van der Waals surface area (Å²) in [7, 11) is 0. The van der Waals surface area contributed by atoms with E-state index >= 15 is 0 Å². The summed E-state index contributed by atoms with van der Waals surface area (Å²) in [4.78, 5) is 14.1. The van der Waals surface area contributed by atoms with Crippen LogP contribution in [0, 0.1) is 0 Å². The van der Waals surface area contributed by atoms with E-state index in [-0.39, 0.29) is 5.91 Å². The van der Waals surface area contributed by atoms with Gasteiger partial charge in [0, 0.05) is 13.1 Å². The molecule has 1 atom stereocenters. The van der Waals surface area contributed by atoms with Gasteiger partial charge in [-0.3, -0.25) is 4.79 Å². The third kappa shape index (κ3) is 3.20. The standard InChI is InChI=1S/C15H20N2O/c1-12-6-5-9-17(11-12)15(18)14(16)10-13-7-3-2-4-8-13/h2-4,6-8,14H,5,9-11,16H2,1H3/t14-/m1/s1. The van der Waals surface area contributed by atoms with Crippen molar-refractivity contribution in [3.8, 4) is 0 Å². The number of nitrogens with zero attached hydrogens (tertiary/aromatic N) is 1. The Hall–Kier alpha value is -1.61. The van der Waals surface area contributed by atoms with Gasteiger partial charge in [-0.1, -0.05) is 42.0 Å². The molecule has 96 valence electrons. The molecule has 1 aliphatic heterocycles. The van der Waals surface area contributed by atoms with Gasteiger partial charge >= 0.3 is 0 Å². The molecule has 0 saturated carbocycles. The van der Waals surface area contributed by atoms with Gasteiger partial charge in [0.25, 0.3) is 0 Å². The summed E-state index contributed by atoms with van der Waals surface area (Å²) in [6, 6.07) is 9.50. The van der Waals surface area contributed by atoms with Crippen molar-refractivity contribution >= 4 is 5.91 Å². The lowest BCUT2D eigenvalue weighted by molar-refractivity contribution is -0.132. The van der Waals surface area contributed by atoms with Crippen LogP contribution in [0.15, 0.2) is 42.0 Å². The van der Waals surface area contributed by atoms with E-state index in [0.29, 0.717) is 6.42 Å². The van der Waals surface area contributed by atoms with E-state index in [4.69, 9.17) is 5.73 Å². The lowest BCUT2D eigenvalue weighted by Crippen LogP contribution is -2.46. The lowest BCUT2D eigenvalue weighted by Gasteiger charge is -2.28. The van der Waals surface area contributed by atoms with Crippen LogP contribution in [-0.2, 0) is 11.2 Å². The van der Waals surface area contributed by atoms with Crippen LogP contribution < -0.4 is 5.73 Å². The number of nitrogens with two attached hydrogens (primary N) is 1. The van der Waals surface area contributed by atoms with Crippen LogP contribution in [-0.4, -0.2) is 29.9 Å². The van der Waals surface area contributed by atoms with Gasteiger partial charge in [0.05, 0.1) is 6.04 Å². The quantitative estimate of drug-likeness (QED) is 0.823. The van der Waals surface area contributed by atoms with Gasteiger partial charge in [-0.05, 0) is 25.3 Å². The summed E-state index contributed by atoms with van der Waals surface area (Å²) in [6.07, 6.45) is 3.74. The van der Waals surface area contributed by atoms with Crippen LogP contribution >= 0.6 is 0 Å². The Morgan fingerprint density at radius 1 is 1.39 bits per heavy atom. The summed E-state index contributed by atoms with van der Waals surface area (Å²) >= 11 is 0. The minimum atomic E-state index is -0.432. The third-order valence-electron chi connectivity index (χ3n) is 3.26. The second kappa shape index (κ2) is 5.83. The molecule has 1 amide bonds. The Balaban J connectivity index is 1.95. The van der Waals surface area contributed by atoms with Gasteiger partial charge in [0.1, 0.15) is 0 Å². The fraction of sp³-hybridized carbons (Fsp3) is 0.400. The Labute approximate surface area is 108 Å². The first-order valence-electron chi connectivity index (χ1n) is 6.41. The third-order valence-corrected chi connectivity index (χ3v) is 3.26. The van der Waals surface area contributed by atoms with E-state index in [0.717, 1.165) is 25.1 Å². The summed E-state index contributed by atoms with van der Waals surface area (Å²) in [6.45, 7) is 3.57.